The highest BCUT2D eigenvalue weighted by Crippen LogP contribution is 2.27. The largest absolute Gasteiger partial charge is 0.377 e. The van der Waals surface area contributed by atoms with E-state index in [9.17, 15) is 9.59 Å². The molecule has 0 aliphatic carbocycles. The molecule has 0 heterocycles. The van der Waals surface area contributed by atoms with Crippen LogP contribution in [0, 0.1) is 0 Å². The number of benzene rings is 1. The van der Waals surface area contributed by atoms with Crippen molar-refractivity contribution in [1.29, 1.82) is 0 Å². The van der Waals surface area contributed by atoms with Gasteiger partial charge in [-0.2, -0.15) is 0 Å². The van der Waals surface area contributed by atoms with Gasteiger partial charge in [0.25, 0.3) is 0 Å². The monoisotopic (exact) mass is 271 g/mol. The molecule has 0 radical (unpaired) electrons. The summed E-state index contributed by atoms with van der Waals surface area (Å²) in [5.41, 5.74) is 1.94. The molecule has 0 amide bonds. The van der Waals surface area contributed by atoms with E-state index in [1.165, 1.54) is 5.56 Å². The van der Waals surface area contributed by atoms with Crippen molar-refractivity contribution in [3.05, 3.63) is 50.3 Å². The first-order valence-corrected chi connectivity index (χ1v) is 6.92. The fraction of sp³-hybridized carbons (Fsp3) is 0.412. The first kappa shape index (κ1) is 14.5. The van der Waals surface area contributed by atoms with Crippen LogP contribution in [-0.2, 0) is 0 Å². The van der Waals surface area contributed by atoms with Crippen LogP contribution in [0.3, 0.4) is 0 Å². The molecule has 0 spiro atoms. The highest BCUT2D eigenvalue weighted by Gasteiger charge is 2.25. The molecule has 0 aromatic heterocycles. The van der Waals surface area contributed by atoms with Crippen molar-refractivity contribution in [3.63, 3.8) is 0 Å². The standard InChI is InChI=1S/C17H21NO2/c1-10(2)11-6-8-12(9-7-11)13-14(16(20)15(13)19)18-17(3,4)5/h6-10,18H,1-5H3. The van der Waals surface area contributed by atoms with Crippen molar-refractivity contribution in [3.8, 4) is 11.1 Å². The van der Waals surface area contributed by atoms with Crippen LogP contribution >= 0.6 is 0 Å². The van der Waals surface area contributed by atoms with Gasteiger partial charge in [0.1, 0.15) is 0 Å². The van der Waals surface area contributed by atoms with Crippen LogP contribution in [0.1, 0.15) is 46.1 Å². The van der Waals surface area contributed by atoms with Gasteiger partial charge in [0.05, 0.1) is 11.3 Å². The number of anilines is 1. The molecular formula is C17H21NO2. The molecule has 0 aliphatic rings. The van der Waals surface area contributed by atoms with Gasteiger partial charge in [-0.05, 0) is 37.8 Å². The van der Waals surface area contributed by atoms with E-state index in [1.807, 2.05) is 45.0 Å². The zero-order valence-electron chi connectivity index (χ0n) is 12.7. The number of rotatable bonds is 3. The molecular weight excluding hydrogens is 250 g/mol. The average Bonchev–Trinajstić information content (AvgIpc) is 2.37. The van der Waals surface area contributed by atoms with Crippen molar-refractivity contribution < 1.29 is 0 Å². The van der Waals surface area contributed by atoms with Crippen LogP contribution < -0.4 is 16.2 Å². The third-order valence-corrected chi connectivity index (χ3v) is 3.28. The Hall–Kier alpha value is -1.90. The van der Waals surface area contributed by atoms with E-state index in [1.54, 1.807) is 0 Å². The van der Waals surface area contributed by atoms with Gasteiger partial charge in [0, 0.05) is 5.54 Å². The Kier molecular flexibility index (Phi) is 3.55. The smallest absolute Gasteiger partial charge is 0.250 e. The molecule has 2 aromatic carbocycles. The second-order valence-electron chi connectivity index (χ2n) is 6.56. The third-order valence-electron chi connectivity index (χ3n) is 3.28. The molecule has 2 aromatic rings. The Morgan fingerprint density at radius 2 is 1.50 bits per heavy atom. The predicted molar refractivity (Wildman–Crippen MR) is 84.3 cm³/mol. The summed E-state index contributed by atoms with van der Waals surface area (Å²) in [6, 6.07) is 7.86. The summed E-state index contributed by atoms with van der Waals surface area (Å²) in [5.74, 6) is 0.448. The summed E-state index contributed by atoms with van der Waals surface area (Å²) in [6.07, 6.45) is 0. The van der Waals surface area contributed by atoms with Gasteiger partial charge in [0.15, 0.2) is 0 Å². The fourth-order valence-corrected chi connectivity index (χ4v) is 2.20. The van der Waals surface area contributed by atoms with Gasteiger partial charge in [-0.3, -0.25) is 9.59 Å². The number of nitrogens with one attached hydrogen (secondary N) is 1. The van der Waals surface area contributed by atoms with Gasteiger partial charge in [-0.15, -0.1) is 0 Å². The molecule has 0 unspecified atom stereocenters. The third kappa shape index (κ3) is 2.67. The summed E-state index contributed by atoms with van der Waals surface area (Å²) >= 11 is 0. The minimum Gasteiger partial charge on any atom is -0.377 e. The van der Waals surface area contributed by atoms with Crippen LogP contribution in [-0.4, -0.2) is 5.54 Å². The second-order valence-corrected chi connectivity index (χ2v) is 6.56. The molecule has 2 rings (SSSR count). The van der Waals surface area contributed by atoms with E-state index in [0.29, 0.717) is 17.2 Å². The Morgan fingerprint density at radius 1 is 0.950 bits per heavy atom. The van der Waals surface area contributed by atoms with Gasteiger partial charge in [-0.25, -0.2) is 0 Å². The lowest BCUT2D eigenvalue weighted by atomic mass is 9.94. The Bertz CT molecular complexity index is 681. The van der Waals surface area contributed by atoms with Crippen LogP contribution in [0.2, 0.25) is 0 Å². The molecule has 106 valence electrons. The summed E-state index contributed by atoms with van der Waals surface area (Å²) in [5, 5.41) is 3.13. The molecule has 3 nitrogen and oxygen atoms in total. The Labute approximate surface area is 119 Å². The maximum Gasteiger partial charge on any atom is 0.250 e. The molecule has 0 saturated heterocycles. The maximum absolute atomic E-state index is 11.8. The van der Waals surface area contributed by atoms with E-state index < -0.39 is 10.9 Å². The van der Waals surface area contributed by atoms with E-state index in [2.05, 4.69) is 19.2 Å². The molecule has 1 N–H and O–H groups in total. The van der Waals surface area contributed by atoms with E-state index >= 15 is 0 Å². The molecule has 0 atom stereocenters. The van der Waals surface area contributed by atoms with Gasteiger partial charge in [0.2, 0.25) is 10.9 Å². The zero-order chi connectivity index (χ0) is 15.1. The van der Waals surface area contributed by atoms with Crippen LogP contribution in [0.25, 0.3) is 11.1 Å². The highest BCUT2D eigenvalue weighted by molar-refractivity contribution is 5.82. The van der Waals surface area contributed by atoms with Crippen molar-refractivity contribution in [2.24, 2.45) is 0 Å². The topological polar surface area (TPSA) is 46.2 Å². The lowest BCUT2D eigenvalue weighted by Gasteiger charge is -2.24. The van der Waals surface area contributed by atoms with Crippen LogP contribution in [0.4, 0.5) is 5.69 Å². The van der Waals surface area contributed by atoms with Gasteiger partial charge >= 0.3 is 0 Å². The van der Waals surface area contributed by atoms with E-state index in [4.69, 9.17) is 0 Å². The van der Waals surface area contributed by atoms with Gasteiger partial charge < -0.3 is 5.32 Å². The van der Waals surface area contributed by atoms with Gasteiger partial charge in [-0.1, -0.05) is 38.1 Å². The first-order chi connectivity index (χ1) is 9.20. The summed E-state index contributed by atoms with van der Waals surface area (Å²) in [4.78, 5) is 23.6. The first-order valence-electron chi connectivity index (χ1n) is 6.92. The van der Waals surface area contributed by atoms with E-state index in [0.717, 1.165) is 5.56 Å². The van der Waals surface area contributed by atoms with Crippen molar-refractivity contribution >= 4 is 5.69 Å². The average molecular weight is 271 g/mol. The fourth-order valence-electron chi connectivity index (χ4n) is 2.20. The number of hydrogen-bond acceptors (Lipinski definition) is 3. The molecule has 0 saturated carbocycles. The normalized spacial score (nSPS) is 12.1. The second kappa shape index (κ2) is 4.89. The molecule has 0 aliphatic heterocycles. The van der Waals surface area contributed by atoms with Crippen molar-refractivity contribution in [2.75, 3.05) is 5.32 Å². The summed E-state index contributed by atoms with van der Waals surface area (Å²) in [7, 11) is 0. The lowest BCUT2D eigenvalue weighted by molar-refractivity contribution is 0.632. The molecule has 0 fully saturated rings. The summed E-state index contributed by atoms with van der Waals surface area (Å²) < 4.78 is 0. The van der Waals surface area contributed by atoms with Crippen molar-refractivity contribution in [1.82, 2.24) is 0 Å². The Morgan fingerprint density at radius 3 is 1.95 bits per heavy atom. The predicted octanol–water partition coefficient (Wildman–Crippen LogP) is 3.28. The lowest BCUT2D eigenvalue weighted by Crippen LogP contribution is -2.41. The minimum absolute atomic E-state index is 0.241. The SMILES string of the molecule is CC(C)c1ccc(-c2c(NC(C)(C)C)c(=O)c2=O)cc1. The summed E-state index contributed by atoms with van der Waals surface area (Å²) in [6.45, 7) is 10.2. The van der Waals surface area contributed by atoms with Crippen molar-refractivity contribution in [2.45, 2.75) is 46.1 Å². The minimum atomic E-state index is -0.414. The van der Waals surface area contributed by atoms with Crippen LogP contribution in [0.5, 0.6) is 0 Å². The molecule has 20 heavy (non-hydrogen) atoms. The molecule has 0 bridgehead atoms. The Balaban J connectivity index is 2.41. The zero-order valence-corrected chi connectivity index (χ0v) is 12.7. The van der Waals surface area contributed by atoms with Crippen LogP contribution in [0.15, 0.2) is 33.9 Å². The highest BCUT2D eigenvalue weighted by atomic mass is 16.2. The maximum atomic E-state index is 11.8. The quantitative estimate of drug-likeness (QED) is 0.871. The van der Waals surface area contributed by atoms with E-state index in [-0.39, 0.29) is 5.54 Å². The number of hydrogen-bond donors (Lipinski definition) is 1. The molecule has 3 heteroatoms.